The minimum Gasteiger partial charge on any atom is -0.396 e. The third kappa shape index (κ3) is 3.73. The summed E-state index contributed by atoms with van der Waals surface area (Å²) < 4.78 is 38.0. The Morgan fingerprint density at radius 2 is 2.00 bits per heavy atom. The summed E-state index contributed by atoms with van der Waals surface area (Å²) in [6.07, 6.45) is -0.944. The van der Waals surface area contributed by atoms with E-state index in [0.717, 1.165) is 31.7 Å². The predicted molar refractivity (Wildman–Crippen MR) is 68.5 cm³/mol. The zero-order chi connectivity index (χ0) is 14.8. The van der Waals surface area contributed by atoms with Gasteiger partial charge >= 0.3 is 6.18 Å². The quantitative estimate of drug-likeness (QED) is 0.842. The number of halogens is 4. The maximum absolute atomic E-state index is 12.7. The molecule has 1 heterocycles. The highest BCUT2D eigenvalue weighted by molar-refractivity contribution is 6.28. The van der Waals surface area contributed by atoms with Crippen molar-refractivity contribution in [3.05, 3.63) is 17.0 Å². The molecule has 0 bridgehead atoms. The number of aromatic nitrogens is 2. The van der Waals surface area contributed by atoms with E-state index in [1.807, 2.05) is 0 Å². The van der Waals surface area contributed by atoms with Crippen molar-refractivity contribution in [3.63, 3.8) is 0 Å². The minimum atomic E-state index is -4.56. The number of anilines is 1. The molecule has 1 aliphatic rings. The Morgan fingerprint density at radius 3 is 2.65 bits per heavy atom. The SMILES string of the molecule is OCC1CCCCC1Nc1cc(C(F)(F)F)nc(Cl)n1. The molecule has 0 amide bonds. The molecule has 112 valence electrons. The largest absolute Gasteiger partial charge is 0.433 e. The number of alkyl halides is 3. The van der Waals surface area contributed by atoms with Crippen molar-refractivity contribution in [1.82, 2.24) is 9.97 Å². The number of hydrogen-bond acceptors (Lipinski definition) is 4. The summed E-state index contributed by atoms with van der Waals surface area (Å²) in [5, 5.41) is 11.8. The van der Waals surface area contributed by atoms with Crippen molar-refractivity contribution < 1.29 is 18.3 Å². The van der Waals surface area contributed by atoms with Gasteiger partial charge in [0.15, 0.2) is 5.69 Å². The first-order valence-electron chi connectivity index (χ1n) is 6.39. The van der Waals surface area contributed by atoms with Crippen LogP contribution in [0, 0.1) is 5.92 Å². The summed E-state index contributed by atoms with van der Waals surface area (Å²) in [6, 6.07) is 0.746. The van der Waals surface area contributed by atoms with Crippen LogP contribution in [0.3, 0.4) is 0 Å². The Labute approximate surface area is 119 Å². The maximum Gasteiger partial charge on any atom is 0.433 e. The van der Waals surface area contributed by atoms with Gasteiger partial charge in [0.1, 0.15) is 5.82 Å². The Kier molecular flexibility index (Phi) is 4.70. The van der Waals surface area contributed by atoms with Gasteiger partial charge in [0, 0.05) is 24.6 Å². The molecule has 8 heteroatoms. The van der Waals surface area contributed by atoms with Crippen LogP contribution in [0.25, 0.3) is 0 Å². The predicted octanol–water partition coefficient (Wildman–Crippen LogP) is 3.11. The smallest absolute Gasteiger partial charge is 0.396 e. The average Bonchev–Trinajstić information content (AvgIpc) is 2.37. The van der Waals surface area contributed by atoms with Gasteiger partial charge in [0.25, 0.3) is 0 Å². The molecule has 0 radical (unpaired) electrons. The molecule has 2 N–H and O–H groups in total. The van der Waals surface area contributed by atoms with E-state index in [-0.39, 0.29) is 24.4 Å². The lowest BCUT2D eigenvalue weighted by Gasteiger charge is -2.31. The van der Waals surface area contributed by atoms with Crippen LogP contribution in [-0.2, 0) is 6.18 Å². The van der Waals surface area contributed by atoms with Gasteiger partial charge in [-0.25, -0.2) is 9.97 Å². The van der Waals surface area contributed by atoms with Gasteiger partial charge in [-0.15, -0.1) is 0 Å². The number of aliphatic hydroxyl groups is 1. The van der Waals surface area contributed by atoms with Gasteiger partial charge in [-0.1, -0.05) is 12.8 Å². The van der Waals surface area contributed by atoms with Gasteiger partial charge in [-0.05, 0) is 24.4 Å². The van der Waals surface area contributed by atoms with Crippen LogP contribution in [0.5, 0.6) is 0 Å². The van der Waals surface area contributed by atoms with Gasteiger partial charge in [-0.2, -0.15) is 13.2 Å². The zero-order valence-corrected chi connectivity index (χ0v) is 11.4. The summed E-state index contributed by atoms with van der Waals surface area (Å²) in [7, 11) is 0. The molecule has 0 saturated heterocycles. The van der Waals surface area contributed by atoms with Crippen molar-refractivity contribution in [2.24, 2.45) is 5.92 Å². The molecule has 2 rings (SSSR count). The van der Waals surface area contributed by atoms with Crippen LogP contribution in [-0.4, -0.2) is 27.7 Å². The monoisotopic (exact) mass is 309 g/mol. The molecule has 2 unspecified atom stereocenters. The summed E-state index contributed by atoms with van der Waals surface area (Å²) in [5.41, 5.74) is -1.07. The van der Waals surface area contributed by atoms with Crippen LogP contribution < -0.4 is 5.32 Å². The molecule has 0 spiro atoms. The molecule has 20 heavy (non-hydrogen) atoms. The van der Waals surface area contributed by atoms with Crippen LogP contribution in [0.4, 0.5) is 19.0 Å². The Hall–Kier alpha value is -1.08. The zero-order valence-electron chi connectivity index (χ0n) is 10.6. The van der Waals surface area contributed by atoms with E-state index in [4.69, 9.17) is 11.6 Å². The summed E-state index contributed by atoms with van der Waals surface area (Å²) in [4.78, 5) is 6.95. The van der Waals surface area contributed by atoms with E-state index >= 15 is 0 Å². The van der Waals surface area contributed by atoms with Crippen molar-refractivity contribution in [1.29, 1.82) is 0 Å². The van der Waals surface area contributed by atoms with Crippen molar-refractivity contribution in [2.45, 2.75) is 37.9 Å². The lowest BCUT2D eigenvalue weighted by Crippen LogP contribution is -2.34. The van der Waals surface area contributed by atoms with Crippen LogP contribution >= 0.6 is 11.6 Å². The first-order valence-corrected chi connectivity index (χ1v) is 6.77. The van der Waals surface area contributed by atoms with Gasteiger partial charge in [0.2, 0.25) is 5.28 Å². The van der Waals surface area contributed by atoms with Crippen LogP contribution in [0.15, 0.2) is 6.07 Å². The molecule has 2 atom stereocenters. The molecule has 1 aliphatic carbocycles. The molecule has 0 aromatic carbocycles. The summed E-state index contributed by atoms with van der Waals surface area (Å²) >= 11 is 5.53. The summed E-state index contributed by atoms with van der Waals surface area (Å²) in [5.74, 6) is 0.0644. The van der Waals surface area contributed by atoms with Crippen LogP contribution in [0.1, 0.15) is 31.4 Å². The normalized spacial score (nSPS) is 23.6. The standard InChI is InChI=1S/C12H15ClF3N3O/c13-11-18-9(12(14,15)16)5-10(19-11)17-8-4-2-1-3-7(8)6-20/h5,7-8,20H,1-4,6H2,(H,17,18,19). The van der Waals surface area contributed by atoms with Gasteiger partial charge in [-0.3, -0.25) is 0 Å². The molecular formula is C12H15ClF3N3O. The highest BCUT2D eigenvalue weighted by Gasteiger charge is 2.34. The molecule has 1 aromatic heterocycles. The van der Waals surface area contributed by atoms with Crippen molar-refractivity contribution >= 4 is 17.4 Å². The second-order valence-corrected chi connectivity index (χ2v) is 5.22. The lowest BCUT2D eigenvalue weighted by atomic mass is 9.85. The van der Waals surface area contributed by atoms with Crippen molar-refractivity contribution in [2.75, 3.05) is 11.9 Å². The third-order valence-electron chi connectivity index (χ3n) is 3.47. The first-order chi connectivity index (χ1) is 9.40. The van der Waals surface area contributed by atoms with Crippen molar-refractivity contribution in [3.8, 4) is 0 Å². The van der Waals surface area contributed by atoms with E-state index in [2.05, 4.69) is 15.3 Å². The lowest BCUT2D eigenvalue weighted by molar-refractivity contribution is -0.141. The Bertz CT molecular complexity index is 470. The molecule has 1 saturated carbocycles. The highest BCUT2D eigenvalue weighted by atomic mass is 35.5. The fraction of sp³-hybridized carbons (Fsp3) is 0.667. The fourth-order valence-electron chi connectivity index (χ4n) is 2.44. The average molecular weight is 310 g/mol. The second kappa shape index (κ2) is 6.13. The number of nitrogens with zero attached hydrogens (tertiary/aromatic N) is 2. The van der Waals surface area contributed by atoms with E-state index < -0.39 is 17.2 Å². The molecule has 1 fully saturated rings. The second-order valence-electron chi connectivity index (χ2n) is 4.88. The minimum absolute atomic E-state index is 0.00259. The van der Waals surface area contributed by atoms with E-state index in [1.54, 1.807) is 0 Å². The Morgan fingerprint density at radius 1 is 1.30 bits per heavy atom. The van der Waals surface area contributed by atoms with Gasteiger partial charge < -0.3 is 10.4 Å². The molecule has 1 aromatic rings. The number of nitrogens with one attached hydrogen (secondary N) is 1. The van der Waals surface area contributed by atoms with E-state index in [9.17, 15) is 18.3 Å². The first kappa shape index (κ1) is 15.3. The highest BCUT2D eigenvalue weighted by Crippen LogP contribution is 2.31. The maximum atomic E-state index is 12.7. The van der Waals surface area contributed by atoms with E-state index in [0.29, 0.717) is 0 Å². The van der Waals surface area contributed by atoms with Crippen LogP contribution in [0.2, 0.25) is 5.28 Å². The Balaban J connectivity index is 2.18. The van der Waals surface area contributed by atoms with Gasteiger partial charge in [0.05, 0.1) is 0 Å². The third-order valence-corrected chi connectivity index (χ3v) is 3.64. The molecule has 4 nitrogen and oxygen atoms in total. The van der Waals surface area contributed by atoms with E-state index in [1.165, 1.54) is 0 Å². The number of rotatable bonds is 3. The number of aliphatic hydroxyl groups excluding tert-OH is 1. The number of hydrogen-bond donors (Lipinski definition) is 2. The fourth-order valence-corrected chi connectivity index (χ4v) is 2.63. The summed E-state index contributed by atoms with van der Waals surface area (Å²) in [6.45, 7) is 0.00259. The topological polar surface area (TPSA) is 58.0 Å². The molecule has 0 aliphatic heterocycles. The molecular weight excluding hydrogens is 295 g/mol.